The molecule has 0 radical (unpaired) electrons. The van der Waals surface area contributed by atoms with E-state index in [1.165, 1.54) is 0 Å². The van der Waals surface area contributed by atoms with E-state index in [-0.39, 0.29) is 5.82 Å². The van der Waals surface area contributed by atoms with Crippen molar-refractivity contribution in [1.29, 1.82) is 0 Å². The molecular formula is C13H16FN. The summed E-state index contributed by atoms with van der Waals surface area (Å²) in [5.41, 5.74) is 3.45. The van der Waals surface area contributed by atoms with Crippen LogP contribution in [0, 0.1) is 19.7 Å². The zero-order chi connectivity index (χ0) is 11.4. The summed E-state index contributed by atoms with van der Waals surface area (Å²) in [6, 6.07) is 1.54. The fourth-order valence-corrected chi connectivity index (χ4v) is 1.70. The van der Waals surface area contributed by atoms with Crippen LogP contribution in [0.15, 0.2) is 24.8 Å². The lowest BCUT2D eigenvalue weighted by molar-refractivity contribution is 0.623. The molecule has 1 aromatic rings. The van der Waals surface area contributed by atoms with Crippen LogP contribution in [0.5, 0.6) is 0 Å². The second kappa shape index (κ2) is 4.78. The molecule has 80 valence electrons. The molecule has 0 spiro atoms. The summed E-state index contributed by atoms with van der Waals surface area (Å²) >= 11 is 0. The number of nitrogens with one attached hydrogen (secondary N) is 1. The van der Waals surface area contributed by atoms with Gasteiger partial charge in [0.15, 0.2) is 0 Å². The molecular weight excluding hydrogens is 189 g/mol. The van der Waals surface area contributed by atoms with Crippen LogP contribution in [-0.4, -0.2) is 7.05 Å². The molecule has 0 aliphatic heterocycles. The molecule has 0 aliphatic carbocycles. The average Bonchev–Trinajstić information content (AvgIpc) is 2.17. The number of allylic oxidation sites excluding steroid dienone is 2. The largest absolute Gasteiger partial charge is 0.388 e. The molecule has 1 rings (SSSR count). The van der Waals surface area contributed by atoms with Gasteiger partial charge in [-0.15, -0.1) is 0 Å². The van der Waals surface area contributed by atoms with Crippen molar-refractivity contribution >= 4 is 11.8 Å². The Labute approximate surface area is 90.3 Å². The lowest BCUT2D eigenvalue weighted by Gasteiger charge is -2.12. The molecule has 1 aromatic carbocycles. The summed E-state index contributed by atoms with van der Waals surface area (Å²) < 4.78 is 13.6. The minimum absolute atomic E-state index is 0.192. The third-order valence-corrected chi connectivity index (χ3v) is 2.42. The van der Waals surface area contributed by atoms with Crippen molar-refractivity contribution in [3.8, 4) is 0 Å². The highest BCUT2D eigenvalue weighted by Gasteiger charge is 2.09. The van der Waals surface area contributed by atoms with Gasteiger partial charge < -0.3 is 5.32 Å². The molecule has 0 heterocycles. The van der Waals surface area contributed by atoms with Gasteiger partial charge in [0.05, 0.1) is 0 Å². The van der Waals surface area contributed by atoms with Crippen LogP contribution >= 0.6 is 0 Å². The number of benzene rings is 1. The van der Waals surface area contributed by atoms with Gasteiger partial charge in [-0.2, -0.15) is 0 Å². The van der Waals surface area contributed by atoms with Crippen molar-refractivity contribution in [2.45, 2.75) is 13.8 Å². The van der Waals surface area contributed by atoms with Crippen molar-refractivity contribution < 1.29 is 4.39 Å². The maximum absolute atomic E-state index is 13.6. The molecule has 0 aromatic heterocycles. The van der Waals surface area contributed by atoms with Crippen LogP contribution in [0.1, 0.15) is 16.7 Å². The number of aryl methyl sites for hydroxylation is 1. The molecule has 1 nitrogen and oxygen atoms in total. The third-order valence-electron chi connectivity index (χ3n) is 2.42. The summed E-state index contributed by atoms with van der Waals surface area (Å²) in [7, 11) is 1.84. The number of anilines is 1. The molecule has 15 heavy (non-hydrogen) atoms. The molecule has 0 amide bonds. The smallest absolute Gasteiger partial charge is 0.131 e. The van der Waals surface area contributed by atoms with Crippen LogP contribution in [0.25, 0.3) is 6.08 Å². The monoisotopic (exact) mass is 205 g/mol. The second-order valence-corrected chi connectivity index (χ2v) is 3.43. The highest BCUT2D eigenvalue weighted by atomic mass is 19.1. The van der Waals surface area contributed by atoms with Gasteiger partial charge in [0, 0.05) is 18.3 Å². The normalized spacial score (nSPS) is 10.7. The molecule has 0 aliphatic rings. The van der Waals surface area contributed by atoms with Gasteiger partial charge >= 0.3 is 0 Å². The Morgan fingerprint density at radius 2 is 2.07 bits per heavy atom. The van der Waals surface area contributed by atoms with Gasteiger partial charge in [0.2, 0.25) is 0 Å². The van der Waals surface area contributed by atoms with Crippen LogP contribution in [0.2, 0.25) is 0 Å². The third kappa shape index (κ3) is 2.27. The van der Waals surface area contributed by atoms with Gasteiger partial charge in [0.25, 0.3) is 0 Å². The zero-order valence-electron chi connectivity index (χ0n) is 9.39. The topological polar surface area (TPSA) is 12.0 Å². The Morgan fingerprint density at radius 3 is 2.60 bits per heavy atom. The molecule has 0 saturated carbocycles. The van der Waals surface area contributed by atoms with E-state index in [9.17, 15) is 4.39 Å². The van der Waals surface area contributed by atoms with Crippen LogP contribution in [0.4, 0.5) is 10.1 Å². The van der Waals surface area contributed by atoms with E-state index >= 15 is 0 Å². The van der Waals surface area contributed by atoms with Crippen LogP contribution < -0.4 is 5.32 Å². The molecule has 0 unspecified atom stereocenters. The molecule has 0 saturated heterocycles. The van der Waals surface area contributed by atoms with E-state index in [0.29, 0.717) is 5.56 Å². The number of halogens is 1. The second-order valence-electron chi connectivity index (χ2n) is 3.43. The fourth-order valence-electron chi connectivity index (χ4n) is 1.70. The Kier molecular flexibility index (Phi) is 3.67. The lowest BCUT2D eigenvalue weighted by Crippen LogP contribution is -1.99. The standard InChI is InChI=1S/C13H16FN/c1-5-6-7-11-10(3)13(15-4)9(2)8-12(11)14/h5-8,15H,1H2,2-4H3/b7-6-. The van der Waals surface area contributed by atoms with Crippen LogP contribution in [0.3, 0.4) is 0 Å². The Hall–Kier alpha value is -1.57. The molecule has 0 bridgehead atoms. The highest BCUT2D eigenvalue weighted by Crippen LogP contribution is 2.26. The van der Waals surface area contributed by atoms with E-state index in [2.05, 4.69) is 11.9 Å². The quantitative estimate of drug-likeness (QED) is 0.742. The average molecular weight is 205 g/mol. The van der Waals surface area contributed by atoms with Crippen molar-refractivity contribution in [1.82, 2.24) is 0 Å². The van der Waals surface area contributed by atoms with Gasteiger partial charge in [-0.25, -0.2) is 4.39 Å². The first-order valence-electron chi connectivity index (χ1n) is 4.88. The summed E-state index contributed by atoms with van der Waals surface area (Å²) in [5.74, 6) is -0.192. The van der Waals surface area contributed by atoms with Crippen LogP contribution in [-0.2, 0) is 0 Å². The highest BCUT2D eigenvalue weighted by molar-refractivity contribution is 5.68. The van der Waals surface area contributed by atoms with Gasteiger partial charge in [-0.1, -0.05) is 24.8 Å². The summed E-state index contributed by atoms with van der Waals surface area (Å²) in [5, 5.41) is 3.08. The van der Waals surface area contributed by atoms with E-state index in [1.54, 1.807) is 24.3 Å². The summed E-state index contributed by atoms with van der Waals surface area (Å²) in [4.78, 5) is 0. The van der Waals surface area contributed by atoms with Gasteiger partial charge in [-0.05, 0) is 31.0 Å². The predicted octanol–water partition coefficient (Wildman–Crippen LogP) is 3.68. The van der Waals surface area contributed by atoms with Crippen molar-refractivity contribution in [3.05, 3.63) is 47.3 Å². The first-order chi connectivity index (χ1) is 7.11. The number of hydrogen-bond donors (Lipinski definition) is 1. The van der Waals surface area contributed by atoms with E-state index in [4.69, 9.17) is 0 Å². The SMILES string of the molecule is C=C/C=C\c1c(F)cc(C)c(NC)c1C. The summed E-state index contributed by atoms with van der Waals surface area (Å²) in [6.45, 7) is 7.37. The Bertz CT molecular complexity index is 405. The fraction of sp³-hybridized carbons (Fsp3) is 0.231. The molecule has 1 N–H and O–H groups in total. The van der Waals surface area contributed by atoms with E-state index < -0.39 is 0 Å². The number of hydrogen-bond acceptors (Lipinski definition) is 1. The first-order valence-corrected chi connectivity index (χ1v) is 4.88. The number of rotatable bonds is 3. The maximum atomic E-state index is 13.6. The van der Waals surface area contributed by atoms with Crippen molar-refractivity contribution in [2.24, 2.45) is 0 Å². The summed E-state index contributed by atoms with van der Waals surface area (Å²) in [6.07, 6.45) is 5.11. The minimum atomic E-state index is -0.192. The molecule has 0 atom stereocenters. The van der Waals surface area contributed by atoms with Gasteiger partial charge in [-0.3, -0.25) is 0 Å². The van der Waals surface area contributed by atoms with Crippen molar-refractivity contribution in [2.75, 3.05) is 12.4 Å². The predicted molar refractivity (Wildman–Crippen MR) is 64.7 cm³/mol. The lowest BCUT2D eigenvalue weighted by atomic mass is 10.0. The Morgan fingerprint density at radius 1 is 1.40 bits per heavy atom. The zero-order valence-corrected chi connectivity index (χ0v) is 9.39. The van der Waals surface area contributed by atoms with Gasteiger partial charge in [0.1, 0.15) is 5.82 Å². The molecule has 2 heteroatoms. The maximum Gasteiger partial charge on any atom is 0.131 e. The van der Waals surface area contributed by atoms with Crippen molar-refractivity contribution in [3.63, 3.8) is 0 Å². The first kappa shape index (κ1) is 11.5. The minimum Gasteiger partial charge on any atom is -0.388 e. The Balaban J connectivity index is 3.38. The molecule has 0 fully saturated rings. The van der Waals surface area contributed by atoms with E-state index in [1.807, 2.05) is 20.9 Å². The van der Waals surface area contributed by atoms with E-state index in [0.717, 1.165) is 16.8 Å².